The molecule has 1 N–H and O–H groups in total. The van der Waals surface area contributed by atoms with Gasteiger partial charge in [-0.2, -0.15) is 0 Å². The zero-order valence-corrected chi connectivity index (χ0v) is 16.6. The summed E-state index contributed by atoms with van der Waals surface area (Å²) in [7, 11) is 1.59. The average molecular weight is 396 g/mol. The van der Waals surface area contributed by atoms with Crippen LogP contribution in [0.3, 0.4) is 0 Å². The molecule has 2 aromatic carbocycles. The predicted molar refractivity (Wildman–Crippen MR) is 110 cm³/mol. The Bertz CT molecular complexity index is 967. The number of aryl methyl sites for hydroxylation is 2. The van der Waals surface area contributed by atoms with E-state index in [1.807, 2.05) is 38.1 Å². The van der Waals surface area contributed by atoms with Crippen LogP contribution >= 0.6 is 11.8 Å². The Morgan fingerprint density at radius 2 is 1.86 bits per heavy atom. The quantitative estimate of drug-likeness (QED) is 0.774. The van der Waals surface area contributed by atoms with Crippen molar-refractivity contribution in [3.8, 4) is 5.75 Å². The van der Waals surface area contributed by atoms with Crippen LogP contribution in [0.4, 0.5) is 10.5 Å². The first-order valence-corrected chi connectivity index (χ1v) is 9.45. The van der Waals surface area contributed by atoms with Crippen LogP contribution < -0.4 is 10.1 Å². The van der Waals surface area contributed by atoms with Gasteiger partial charge in [-0.1, -0.05) is 23.8 Å². The van der Waals surface area contributed by atoms with E-state index in [0.717, 1.165) is 39.1 Å². The SMILES string of the molecule is COc1ccc(C=C2SC(=O)N(CC(=O)Nc3ccc(C)cc3)C2=O)cc1C. The smallest absolute Gasteiger partial charge is 0.294 e. The van der Waals surface area contributed by atoms with E-state index in [4.69, 9.17) is 4.74 Å². The van der Waals surface area contributed by atoms with Gasteiger partial charge in [0.1, 0.15) is 12.3 Å². The summed E-state index contributed by atoms with van der Waals surface area (Å²) in [6, 6.07) is 12.8. The number of ether oxygens (including phenoxy) is 1. The van der Waals surface area contributed by atoms with Gasteiger partial charge in [0.2, 0.25) is 5.91 Å². The number of nitrogens with one attached hydrogen (secondary N) is 1. The summed E-state index contributed by atoms with van der Waals surface area (Å²) in [5.41, 5.74) is 3.40. The van der Waals surface area contributed by atoms with Gasteiger partial charge in [0, 0.05) is 5.69 Å². The van der Waals surface area contributed by atoms with E-state index in [9.17, 15) is 14.4 Å². The molecule has 3 amide bonds. The van der Waals surface area contributed by atoms with Crippen molar-refractivity contribution in [2.45, 2.75) is 13.8 Å². The topological polar surface area (TPSA) is 75.7 Å². The van der Waals surface area contributed by atoms with Crippen LogP contribution in [0.25, 0.3) is 6.08 Å². The summed E-state index contributed by atoms with van der Waals surface area (Å²) in [5.74, 6) is -0.145. The monoisotopic (exact) mass is 396 g/mol. The molecule has 3 rings (SSSR count). The number of imide groups is 1. The van der Waals surface area contributed by atoms with Crippen LogP contribution in [-0.2, 0) is 9.59 Å². The molecule has 7 heteroatoms. The summed E-state index contributed by atoms with van der Waals surface area (Å²) < 4.78 is 5.22. The Hall–Kier alpha value is -3.06. The third-order valence-corrected chi connectivity index (χ3v) is 5.13. The number of methoxy groups -OCH3 is 1. The maximum absolute atomic E-state index is 12.6. The van der Waals surface area contributed by atoms with Gasteiger partial charge in [0.05, 0.1) is 12.0 Å². The zero-order valence-electron chi connectivity index (χ0n) is 15.8. The van der Waals surface area contributed by atoms with E-state index in [0.29, 0.717) is 5.69 Å². The van der Waals surface area contributed by atoms with E-state index < -0.39 is 17.1 Å². The lowest BCUT2D eigenvalue weighted by Gasteiger charge is -2.12. The Morgan fingerprint density at radius 3 is 2.50 bits per heavy atom. The first-order chi connectivity index (χ1) is 13.4. The maximum atomic E-state index is 12.6. The fourth-order valence-electron chi connectivity index (χ4n) is 2.76. The van der Waals surface area contributed by atoms with Crippen LogP contribution in [0.5, 0.6) is 5.75 Å². The third kappa shape index (κ3) is 4.43. The molecule has 1 aliphatic heterocycles. The Labute approximate surface area is 167 Å². The van der Waals surface area contributed by atoms with Gasteiger partial charge in [-0.3, -0.25) is 19.3 Å². The predicted octanol–water partition coefficient (Wildman–Crippen LogP) is 3.99. The van der Waals surface area contributed by atoms with Crippen LogP contribution in [-0.4, -0.2) is 35.6 Å². The van der Waals surface area contributed by atoms with Gasteiger partial charge >= 0.3 is 0 Å². The Morgan fingerprint density at radius 1 is 1.14 bits per heavy atom. The summed E-state index contributed by atoms with van der Waals surface area (Å²) >= 11 is 0.830. The maximum Gasteiger partial charge on any atom is 0.294 e. The fraction of sp³-hybridized carbons (Fsp3) is 0.190. The van der Waals surface area contributed by atoms with Crippen molar-refractivity contribution in [3.05, 3.63) is 64.1 Å². The molecule has 0 saturated carbocycles. The molecule has 0 radical (unpaired) electrons. The van der Waals surface area contributed by atoms with Crippen molar-refractivity contribution in [2.24, 2.45) is 0 Å². The Kier molecular flexibility index (Phi) is 5.84. The summed E-state index contributed by atoms with van der Waals surface area (Å²) in [4.78, 5) is 38.3. The van der Waals surface area contributed by atoms with Crippen LogP contribution in [0.2, 0.25) is 0 Å². The molecule has 1 saturated heterocycles. The minimum Gasteiger partial charge on any atom is -0.496 e. The summed E-state index contributed by atoms with van der Waals surface area (Å²) in [6.45, 7) is 3.53. The van der Waals surface area contributed by atoms with Crippen molar-refractivity contribution < 1.29 is 19.1 Å². The standard InChI is InChI=1S/C21H20N2O4S/c1-13-4-7-16(8-5-13)22-19(24)12-23-20(25)18(28-21(23)26)11-15-6-9-17(27-3)14(2)10-15/h4-11H,12H2,1-3H3,(H,22,24). The first kappa shape index (κ1) is 19.7. The second-order valence-corrected chi connectivity index (χ2v) is 7.40. The minimum absolute atomic E-state index is 0.290. The second-order valence-electron chi connectivity index (χ2n) is 6.41. The highest BCUT2D eigenvalue weighted by Gasteiger charge is 2.36. The van der Waals surface area contributed by atoms with Gasteiger partial charge in [0.25, 0.3) is 11.1 Å². The summed E-state index contributed by atoms with van der Waals surface area (Å²) in [5, 5.41) is 2.24. The lowest BCUT2D eigenvalue weighted by Crippen LogP contribution is -2.36. The van der Waals surface area contributed by atoms with E-state index in [-0.39, 0.29) is 11.4 Å². The largest absolute Gasteiger partial charge is 0.496 e. The first-order valence-electron chi connectivity index (χ1n) is 8.64. The van der Waals surface area contributed by atoms with Crippen molar-refractivity contribution in [2.75, 3.05) is 19.0 Å². The molecule has 144 valence electrons. The Balaban J connectivity index is 1.69. The van der Waals surface area contributed by atoms with Crippen molar-refractivity contribution in [1.82, 2.24) is 4.90 Å². The van der Waals surface area contributed by atoms with E-state index in [1.54, 1.807) is 31.4 Å². The zero-order chi connectivity index (χ0) is 20.3. The van der Waals surface area contributed by atoms with E-state index >= 15 is 0 Å². The number of hydrogen-bond acceptors (Lipinski definition) is 5. The van der Waals surface area contributed by atoms with E-state index in [1.165, 1.54) is 0 Å². The number of hydrogen-bond donors (Lipinski definition) is 1. The molecule has 1 fully saturated rings. The number of anilines is 1. The molecule has 1 aliphatic rings. The normalized spacial score (nSPS) is 15.2. The van der Waals surface area contributed by atoms with Gasteiger partial charge in [-0.25, -0.2) is 0 Å². The molecular weight excluding hydrogens is 376 g/mol. The number of rotatable bonds is 5. The molecule has 0 aromatic heterocycles. The second kappa shape index (κ2) is 8.31. The highest BCUT2D eigenvalue weighted by molar-refractivity contribution is 8.18. The highest BCUT2D eigenvalue weighted by atomic mass is 32.2. The van der Waals surface area contributed by atoms with Crippen LogP contribution in [0, 0.1) is 13.8 Å². The third-order valence-electron chi connectivity index (χ3n) is 4.23. The van der Waals surface area contributed by atoms with Gasteiger partial charge in [0.15, 0.2) is 0 Å². The van der Waals surface area contributed by atoms with Crippen molar-refractivity contribution >= 4 is 40.6 Å². The average Bonchev–Trinajstić information content (AvgIpc) is 2.91. The molecule has 28 heavy (non-hydrogen) atoms. The number of carbonyl (C=O) groups is 3. The summed E-state index contributed by atoms with van der Waals surface area (Å²) in [6.07, 6.45) is 1.65. The number of nitrogens with zero attached hydrogens (tertiary/aromatic N) is 1. The van der Waals surface area contributed by atoms with Gasteiger partial charge < -0.3 is 10.1 Å². The molecule has 1 heterocycles. The molecule has 0 spiro atoms. The molecule has 0 unspecified atom stereocenters. The molecule has 6 nitrogen and oxygen atoms in total. The highest BCUT2D eigenvalue weighted by Crippen LogP contribution is 2.32. The lowest BCUT2D eigenvalue weighted by atomic mass is 10.1. The number of benzene rings is 2. The van der Waals surface area contributed by atoms with Crippen molar-refractivity contribution in [3.63, 3.8) is 0 Å². The molecular formula is C21H20N2O4S. The molecule has 0 aliphatic carbocycles. The molecule has 0 atom stereocenters. The van der Waals surface area contributed by atoms with Gasteiger partial charge in [-0.05, 0) is 67.1 Å². The number of carbonyl (C=O) groups excluding carboxylic acids is 3. The van der Waals surface area contributed by atoms with Crippen LogP contribution in [0.1, 0.15) is 16.7 Å². The van der Waals surface area contributed by atoms with E-state index in [2.05, 4.69) is 5.32 Å². The fourth-order valence-corrected chi connectivity index (χ4v) is 3.60. The van der Waals surface area contributed by atoms with Crippen molar-refractivity contribution in [1.29, 1.82) is 0 Å². The number of thioether (sulfide) groups is 1. The molecule has 0 bridgehead atoms. The van der Waals surface area contributed by atoms with Gasteiger partial charge in [-0.15, -0.1) is 0 Å². The lowest BCUT2D eigenvalue weighted by molar-refractivity contribution is -0.127. The minimum atomic E-state index is -0.470. The number of amides is 3. The molecule has 2 aromatic rings. The van der Waals surface area contributed by atoms with Crippen LogP contribution in [0.15, 0.2) is 47.4 Å².